The van der Waals surface area contributed by atoms with Crippen molar-refractivity contribution < 1.29 is 29.3 Å². The van der Waals surface area contributed by atoms with Crippen LogP contribution in [-0.4, -0.2) is 35.4 Å². The van der Waals surface area contributed by atoms with Crippen LogP contribution in [0.3, 0.4) is 0 Å². The number of carbonyl (C=O) groups excluding carboxylic acids is 2. The lowest BCUT2D eigenvalue weighted by molar-refractivity contribution is -0.144. The van der Waals surface area contributed by atoms with Crippen LogP contribution in [-0.2, 0) is 53.6 Å². The van der Waals surface area contributed by atoms with Gasteiger partial charge in [-0.15, -0.1) is 0 Å². The molecule has 0 heterocycles. The number of rotatable bonds is 12. The third kappa shape index (κ3) is 11.7. The lowest BCUT2D eigenvalue weighted by Crippen LogP contribution is -2.18. The van der Waals surface area contributed by atoms with E-state index in [0.29, 0.717) is 50.4 Å². The van der Waals surface area contributed by atoms with Gasteiger partial charge < -0.3 is 19.7 Å². The Morgan fingerprint density at radius 3 is 1.07 bits per heavy atom. The van der Waals surface area contributed by atoms with Crippen LogP contribution in [0.25, 0.3) is 0 Å². The number of hydrogen-bond acceptors (Lipinski definition) is 6. The van der Waals surface area contributed by atoms with E-state index in [4.69, 9.17) is 9.47 Å². The van der Waals surface area contributed by atoms with E-state index in [0.717, 1.165) is 33.4 Å². The minimum absolute atomic E-state index is 0.218. The molecule has 0 spiro atoms. The maximum absolute atomic E-state index is 12.5. The molecule has 2 aromatic rings. The van der Waals surface area contributed by atoms with Crippen LogP contribution in [0.4, 0.5) is 0 Å². The second-order valence-corrected chi connectivity index (χ2v) is 17.2. The van der Waals surface area contributed by atoms with E-state index < -0.39 is 0 Å². The highest BCUT2D eigenvalue weighted by molar-refractivity contribution is 5.70. The van der Waals surface area contributed by atoms with Crippen molar-refractivity contribution in [2.24, 2.45) is 5.92 Å². The Morgan fingerprint density at radius 1 is 0.565 bits per heavy atom. The van der Waals surface area contributed by atoms with Gasteiger partial charge in [0.05, 0.1) is 13.2 Å². The van der Waals surface area contributed by atoms with Crippen molar-refractivity contribution in [1.82, 2.24) is 0 Å². The topological polar surface area (TPSA) is 93.1 Å². The van der Waals surface area contributed by atoms with Crippen LogP contribution in [0.2, 0.25) is 0 Å². The molecule has 0 fully saturated rings. The van der Waals surface area contributed by atoms with Crippen LogP contribution in [0.5, 0.6) is 11.5 Å². The number of benzene rings is 2. The van der Waals surface area contributed by atoms with Crippen molar-refractivity contribution in [1.29, 1.82) is 0 Å². The molecule has 0 radical (unpaired) electrons. The van der Waals surface area contributed by atoms with Gasteiger partial charge >= 0.3 is 11.9 Å². The number of hydrogen-bond donors (Lipinski definition) is 2. The molecule has 0 aliphatic rings. The monoisotopic (exact) mass is 638 g/mol. The first-order valence-electron chi connectivity index (χ1n) is 17.0. The van der Waals surface area contributed by atoms with Crippen LogP contribution in [0.1, 0.15) is 149 Å². The molecule has 0 saturated carbocycles. The molecule has 0 unspecified atom stereocenters. The van der Waals surface area contributed by atoms with E-state index in [1.165, 1.54) is 0 Å². The molecular formula is C40H62O6. The van der Waals surface area contributed by atoms with Gasteiger partial charge in [0.15, 0.2) is 0 Å². The summed E-state index contributed by atoms with van der Waals surface area (Å²) in [6.07, 6.45) is 3.05. The second kappa shape index (κ2) is 15.3. The molecule has 2 N–H and O–H groups in total. The van der Waals surface area contributed by atoms with Crippen molar-refractivity contribution >= 4 is 11.9 Å². The summed E-state index contributed by atoms with van der Waals surface area (Å²) in [5, 5.41) is 21.9. The summed E-state index contributed by atoms with van der Waals surface area (Å²) in [7, 11) is 0. The summed E-state index contributed by atoms with van der Waals surface area (Å²) in [6, 6.07) is 8.05. The first-order chi connectivity index (χ1) is 20.9. The van der Waals surface area contributed by atoms with Gasteiger partial charge in [-0.1, -0.05) is 114 Å². The lowest BCUT2D eigenvalue weighted by Gasteiger charge is -2.28. The molecular weight excluding hydrogens is 576 g/mol. The number of aromatic hydroxyl groups is 2. The Hall–Kier alpha value is -3.02. The van der Waals surface area contributed by atoms with Gasteiger partial charge in [0.25, 0.3) is 0 Å². The quantitative estimate of drug-likeness (QED) is 0.225. The Bertz CT molecular complexity index is 1170. The average Bonchev–Trinajstić information content (AvgIpc) is 2.89. The third-order valence-electron chi connectivity index (χ3n) is 8.55. The van der Waals surface area contributed by atoms with E-state index in [1.807, 2.05) is 24.3 Å². The van der Waals surface area contributed by atoms with Gasteiger partial charge in [-0.25, -0.2) is 0 Å². The molecule has 0 aliphatic heterocycles. The Morgan fingerprint density at radius 2 is 0.826 bits per heavy atom. The zero-order valence-corrected chi connectivity index (χ0v) is 31.1. The molecule has 6 nitrogen and oxygen atoms in total. The smallest absolute Gasteiger partial charge is 0.306 e. The fourth-order valence-corrected chi connectivity index (χ4v) is 5.49. The number of phenolic OH excluding ortho intramolecular Hbond substituents is 2. The Balaban J connectivity index is 1.80. The summed E-state index contributed by atoms with van der Waals surface area (Å²) in [6.45, 7) is 27.7. The molecule has 258 valence electrons. The van der Waals surface area contributed by atoms with E-state index >= 15 is 0 Å². The van der Waals surface area contributed by atoms with E-state index in [-0.39, 0.29) is 52.4 Å². The molecule has 46 heavy (non-hydrogen) atoms. The molecule has 0 amide bonds. The molecule has 6 heteroatoms. The van der Waals surface area contributed by atoms with Crippen LogP contribution < -0.4 is 0 Å². The van der Waals surface area contributed by atoms with Crippen LogP contribution in [0, 0.1) is 5.92 Å². The van der Waals surface area contributed by atoms with Gasteiger partial charge in [-0.05, 0) is 86.6 Å². The highest BCUT2D eigenvalue weighted by Crippen LogP contribution is 2.41. The van der Waals surface area contributed by atoms with Gasteiger partial charge in [0.1, 0.15) is 11.5 Å². The highest BCUT2D eigenvalue weighted by Gasteiger charge is 2.28. The Kier molecular flexibility index (Phi) is 13.0. The summed E-state index contributed by atoms with van der Waals surface area (Å²) in [5.74, 6) is 0.446. The largest absolute Gasteiger partial charge is 0.507 e. The molecule has 2 rings (SSSR count). The maximum Gasteiger partial charge on any atom is 0.306 e. The van der Waals surface area contributed by atoms with Gasteiger partial charge in [-0.3, -0.25) is 9.59 Å². The molecule has 0 aliphatic carbocycles. The minimum Gasteiger partial charge on any atom is -0.507 e. The van der Waals surface area contributed by atoms with E-state index in [2.05, 4.69) is 90.0 Å². The summed E-state index contributed by atoms with van der Waals surface area (Å²) in [5.41, 5.74) is 4.74. The van der Waals surface area contributed by atoms with Gasteiger partial charge in [-0.2, -0.15) is 0 Å². The highest BCUT2D eigenvalue weighted by atomic mass is 16.5. The predicted molar refractivity (Wildman–Crippen MR) is 188 cm³/mol. The molecule has 0 bridgehead atoms. The number of phenols is 2. The minimum atomic E-state index is -0.236. The number of esters is 2. The molecule has 0 saturated heterocycles. The predicted octanol–water partition coefficient (Wildman–Crippen LogP) is 9.36. The zero-order valence-electron chi connectivity index (χ0n) is 31.1. The first-order valence-corrected chi connectivity index (χ1v) is 17.0. The van der Waals surface area contributed by atoms with Crippen molar-refractivity contribution in [3.05, 3.63) is 57.6 Å². The normalized spacial score (nSPS) is 12.8. The number of aryl methyl sites for hydroxylation is 2. The van der Waals surface area contributed by atoms with Crippen molar-refractivity contribution in [2.75, 3.05) is 13.2 Å². The fourth-order valence-electron chi connectivity index (χ4n) is 5.49. The molecule has 2 aromatic carbocycles. The van der Waals surface area contributed by atoms with Crippen molar-refractivity contribution in [2.45, 2.75) is 150 Å². The lowest BCUT2D eigenvalue weighted by atomic mass is 9.78. The summed E-state index contributed by atoms with van der Waals surface area (Å²) >= 11 is 0. The molecule has 0 atom stereocenters. The number of ether oxygens (including phenoxy) is 2. The first kappa shape index (κ1) is 39.2. The van der Waals surface area contributed by atoms with Crippen molar-refractivity contribution in [3.63, 3.8) is 0 Å². The fraction of sp³-hybridized carbons (Fsp3) is 0.650. The number of carbonyl (C=O) groups is 2. The standard InChI is InChI=1S/C40H62O6/c1-26(18-20-45-33(41)16-14-27-22-29(37(2,3)4)35(43)30(23-27)38(5,6)7)19-21-46-34(42)17-15-28-24-31(39(8,9)10)36(44)32(25-28)40(11,12)13/h22-26,43-44H,14-21H2,1-13H3. The van der Waals surface area contributed by atoms with Crippen LogP contribution >= 0.6 is 0 Å². The Labute approximate surface area is 279 Å². The van der Waals surface area contributed by atoms with Gasteiger partial charge in [0.2, 0.25) is 0 Å². The molecule has 0 aromatic heterocycles. The van der Waals surface area contributed by atoms with E-state index in [1.54, 1.807) is 0 Å². The third-order valence-corrected chi connectivity index (χ3v) is 8.55. The summed E-state index contributed by atoms with van der Waals surface area (Å²) in [4.78, 5) is 25.1. The SMILES string of the molecule is CC(CCOC(=O)CCc1cc(C(C)(C)C)c(O)c(C(C)(C)C)c1)CCOC(=O)CCc1cc(C(C)(C)C)c(O)c(C(C)(C)C)c1. The van der Waals surface area contributed by atoms with Gasteiger partial charge in [0, 0.05) is 12.8 Å². The second-order valence-electron chi connectivity index (χ2n) is 17.2. The van der Waals surface area contributed by atoms with Crippen molar-refractivity contribution in [3.8, 4) is 11.5 Å². The summed E-state index contributed by atoms with van der Waals surface area (Å²) < 4.78 is 11.1. The maximum atomic E-state index is 12.5. The van der Waals surface area contributed by atoms with E-state index in [9.17, 15) is 19.8 Å². The van der Waals surface area contributed by atoms with Crippen LogP contribution in [0.15, 0.2) is 24.3 Å². The average molecular weight is 639 g/mol. The zero-order chi connectivity index (χ0) is 35.3.